The molecule has 1 rings (SSSR count). The van der Waals surface area contributed by atoms with Crippen LogP contribution in [0.25, 0.3) is 0 Å². The van der Waals surface area contributed by atoms with Gasteiger partial charge in [0.1, 0.15) is 5.69 Å². The summed E-state index contributed by atoms with van der Waals surface area (Å²) in [7, 11) is 0. The molecule has 1 aromatic rings. The molecular weight excluding hydrogens is 204 g/mol. The largest absolute Gasteiger partial charge is 0.505 e. The number of aromatic nitrogens is 1. The third kappa shape index (κ3) is 1.92. The fourth-order valence-corrected chi connectivity index (χ4v) is 0.923. The molecule has 0 aliphatic rings. The Morgan fingerprint density at radius 2 is 2.23 bits per heavy atom. The van der Waals surface area contributed by atoms with Gasteiger partial charge in [0.2, 0.25) is 0 Å². The molecular formula is C7H4ClF2NO2. The van der Waals surface area contributed by atoms with Gasteiger partial charge in [-0.25, -0.2) is 13.8 Å². The molecule has 0 atom stereocenters. The summed E-state index contributed by atoms with van der Waals surface area (Å²) < 4.78 is 24.3. The van der Waals surface area contributed by atoms with Crippen LogP contribution in [0.2, 0.25) is 5.15 Å². The summed E-state index contributed by atoms with van der Waals surface area (Å²) in [5.41, 5.74) is -1.09. The molecule has 13 heavy (non-hydrogen) atoms. The SMILES string of the molecule is O=Cc1cc(O)c(Cl)nc1C(F)F. The number of hydrogen-bond acceptors (Lipinski definition) is 3. The lowest BCUT2D eigenvalue weighted by Crippen LogP contribution is -1.97. The first kappa shape index (κ1) is 9.85. The predicted molar refractivity (Wildman–Crippen MR) is 41.3 cm³/mol. The van der Waals surface area contributed by atoms with Crippen LogP contribution in [0.4, 0.5) is 8.78 Å². The van der Waals surface area contributed by atoms with E-state index in [1.807, 2.05) is 0 Å². The molecule has 0 aliphatic heterocycles. The lowest BCUT2D eigenvalue weighted by Gasteiger charge is -2.03. The Balaban J connectivity index is 3.32. The lowest BCUT2D eigenvalue weighted by atomic mass is 10.2. The molecule has 0 aromatic carbocycles. The number of nitrogens with zero attached hydrogens (tertiary/aromatic N) is 1. The minimum absolute atomic E-state index is 0.185. The van der Waals surface area contributed by atoms with E-state index in [0.717, 1.165) is 6.07 Å². The molecule has 0 bridgehead atoms. The molecule has 0 amide bonds. The van der Waals surface area contributed by atoms with Gasteiger partial charge in [0.15, 0.2) is 17.2 Å². The highest BCUT2D eigenvalue weighted by atomic mass is 35.5. The van der Waals surface area contributed by atoms with Crippen molar-refractivity contribution in [2.75, 3.05) is 0 Å². The molecule has 6 heteroatoms. The molecule has 0 fully saturated rings. The summed E-state index contributed by atoms with van der Waals surface area (Å²) in [6.07, 6.45) is -2.71. The molecule has 1 heterocycles. The van der Waals surface area contributed by atoms with E-state index in [1.54, 1.807) is 0 Å². The third-order valence-electron chi connectivity index (χ3n) is 1.35. The number of alkyl halides is 2. The standard InChI is InChI=1S/C7H4ClF2NO2/c8-6-4(13)1-3(2-12)5(11-6)7(9)10/h1-2,7,13H. The Morgan fingerprint density at radius 1 is 1.62 bits per heavy atom. The van der Waals surface area contributed by atoms with Gasteiger partial charge in [-0.05, 0) is 6.07 Å². The normalized spacial score (nSPS) is 10.5. The van der Waals surface area contributed by atoms with Crippen molar-refractivity contribution in [2.45, 2.75) is 6.43 Å². The Morgan fingerprint density at radius 3 is 2.69 bits per heavy atom. The van der Waals surface area contributed by atoms with Gasteiger partial charge in [0, 0.05) is 5.56 Å². The Kier molecular flexibility index (Phi) is 2.77. The van der Waals surface area contributed by atoms with E-state index in [1.165, 1.54) is 0 Å². The van der Waals surface area contributed by atoms with Gasteiger partial charge in [0.25, 0.3) is 6.43 Å². The van der Waals surface area contributed by atoms with Crippen molar-refractivity contribution in [1.29, 1.82) is 0 Å². The summed E-state index contributed by atoms with van der Waals surface area (Å²) in [6.45, 7) is 0. The average Bonchev–Trinajstić information content (AvgIpc) is 2.08. The summed E-state index contributed by atoms with van der Waals surface area (Å²) in [4.78, 5) is 13.4. The minimum atomic E-state index is -2.89. The molecule has 0 spiro atoms. The highest BCUT2D eigenvalue weighted by molar-refractivity contribution is 6.30. The zero-order valence-corrected chi connectivity index (χ0v) is 6.92. The summed E-state index contributed by atoms with van der Waals surface area (Å²) in [6, 6.07) is 0.851. The lowest BCUT2D eigenvalue weighted by molar-refractivity contribution is 0.110. The number of carbonyl (C=O) groups excluding carboxylic acids is 1. The van der Waals surface area contributed by atoms with Gasteiger partial charge in [-0.15, -0.1) is 0 Å². The number of aldehydes is 1. The van der Waals surface area contributed by atoms with E-state index >= 15 is 0 Å². The maximum absolute atomic E-state index is 12.2. The van der Waals surface area contributed by atoms with E-state index in [4.69, 9.17) is 16.7 Å². The smallest absolute Gasteiger partial charge is 0.281 e. The van der Waals surface area contributed by atoms with Crippen molar-refractivity contribution >= 4 is 17.9 Å². The van der Waals surface area contributed by atoms with Crippen molar-refractivity contribution < 1.29 is 18.7 Å². The number of halogens is 3. The molecule has 0 saturated carbocycles. The van der Waals surface area contributed by atoms with Crippen molar-refractivity contribution in [3.05, 3.63) is 22.5 Å². The van der Waals surface area contributed by atoms with Gasteiger partial charge in [-0.1, -0.05) is 11.6 Å². The number of hydrogen-bond donors (Lipinski definition) is 1. The van der Waals surface area contributed by atoms with E-state index in [-0.39, 0.29) is 11.8 Å². The van der Waals surface area contributed by atoms with Gasteiger partial charge in [0.05, 0.1) is 0 Å². The monoisotopic (exact) mass is 207 g/mol. The first-order valence-corrected chi connectivity index (χ1v) is 3.56. The van der Waals surface area contributed by atoms with E-state index in [9.17, 15) is 13.6 Å². The quantitative estimate of drug-likeness (QED) is 0.597. The van der Waals surface area contributed by atoms with E-state index in [2.05, 4.69) is 4.98 Å². The number of carbonyl (C=O) groups is 1. The number of pyridine rings is 1. The van der Waals surface area contributed by atoms with Gasteiger partial charge >= 0.3 is 0 Å². The van der Waals surface area contributed by atoms with Crippen LogP contribution in [-0.2, 0) is 0 Å². The van der Waals surface area contributed by atoms with Gasteiger partial charge in [-0.3, -0.25) is 4.79 Å². The van der Waals surface area contributed by atoms with Crippen molar-refractivity contribution in [1.82, 2.24) is 4.98 Å². The van der Waals surface area contributed by atoms with Crippen LogP contribution in [0.5, 0.6) is 5.75 Å². The van der Waals surface area contributed by atoms with Crippen LogP contribution in [0.1, 0.15) is 22.5 Å². The zero-order chi connectivity index (χ0) is 10.0. The van der Waals surface area contributed by atoms with Gasteiger partial charge in [-0.2, -0.15) is 0 Å². The van der Waals surface area contributed by atoms with Crippen LogP contribution < -0.4 is 0 Å². The Labute approximate surface area is 77.0 Å². The molecule has 70 valence electrons. The van der Waals surface area contributed by atoms with Crippen molar-refractivity contribution in [3.8, 4) is 5.75 Å². The Hall–Kier alpha value is -1.23. The third-order valence-corrected chi connectivity index (χ3v) is 1.63. The minimum Gasteiger partial charge on any atom is -0.505 e. The van der Waals surface area contributed by atoms with Gasteiger partial charge < -0.3 is 5.11 Å². The number of aromatic hydroxyl groups is 1. The molecule has 0 saturated heterocycles. The first-order valence-electron chi connectivity index (χ1n) is 3.19. The maximum Gasteiger partial charge on any atom is 0.281 e. The number of rotatable bonds is 2. The second kappa shape index (κ2) is 3.66. The Bertz CT molecular complexity index is 344. The molecule has 1 aromatic heterocycles. The summed E-state index contributed by atoms with van der Waals surface area (Å²) in [5, 5.41) is 8.50. The molecule has 3 nitrogen and oxygen atoms in total. The van der Waals surface area contributed by atoms with Crippen LogP contribution in [0, 0.1) is 0 Å². The van der Waals surface area contributed by atoms with Crippen LogP contribution in [0.3, 0.4) is 0 Å². The molecule has 1 N–H and O–H groups in total. The topological polar surface area (TPSA) is 50.2 Å². The van der Waals surface area contributed by atoms with Crippen LogP contribution in [-0.4, -0.2) is 16.4 Å². The van der Waals surface area contributed by atoms with Crippen molar-refractivity contribution in [2.24, 2.45) is 0 Å². The molecule has 0 unspecified atom stereocenters. The zero-order valence-electron chi connectivity index (χ0n) is 6.17. The average molecular weight is 208 g/mol. The fourth-order valence-electron chi connectivity index (χ4n) is 0.778. The van der Waals surface area contributed by atoms with Crippen molar-refractivity contribution in [3.63, 3.8) is 0 Å². The maximum atomic E-state index is 12.2. The highest BCUT2D eigenvalue weighted by Crippen LogP contribution is 2.27. The second-order valence-electron chi connectivity index (χ2n) is 2.19. The summed E-state index contributed by atoms with van der Waals surface area (Å²) >= 11 is 5.28. The highest BCUT2D eigenvalue weighted by Gasteiger charge is 2.17. The second-order valence-corrected chi connectivity index (χ2v) is 2.55. The first-order chi connectivity index (χ1) is 6.06. The van der Waals surface area contributed by atoms with Crippen LogP contribution >= 0.6 is 11.6 Å². The van der Waals surface area contributed by atoms with E-state index in [0.29, 0.717) is 0 Å². The molecule has 0 aliphatic carbocycles. The fraction of sp³-hybridized carbons (Fsp3) is 0.143. The predicted octanol–water partition coefficient (Wildman–Crippen LogP) is 2.19. The van der Waals surface area contributed by atoms with Crippen LogP contribution in [0.15, 0.2) is 6.07 Å². The molecule has 0 radical (unpaired) electrons. The van der Waals surface area contributed by atoms with E-state index < -0.39 is 23.0 Å². The summed E-state index contributed by atoms with van der Waals surface area (Å²) in [5.74, 6) is -0.492.